The average Bonchev–Trinajstić information content (AvgIpc) is 3.25. The van der Waals surface area contributed by atoms with Crippen LogP contribution in [0.4, 0.5) is 0 Å². The van der Waals surface area contributed by atoms with Gasteiger partial charge in [0.25, 0.3) is 5.56 Å². The fourth-order valence-electron chi connectivity index (χ4n) is 4.75. The second-order valence-corrected chi connectivity index (χ2v) is 8.21. The summed E-state index contributed by atoms with van der Waals surface area (Å²) in [5.74, 6) is 0.624. The van der Waals surface area contributed by atoms with Crippen LogP contribution in [0.1, 0.15) is 68.8 Å². The largest absolute Gasteiger partial charge is 0.315 e. The number of nitrogens with zero attached hydrogens (tertiary/aromatic N) is 1. The first-order valence-electron chi connectivity index (χ1n) is 10.2. The molecule has 0 radical (unpaired) electrons. The van der Waals surface area contributed by atoms with Crippen molar-refractivity contribution in [3.63, 3.8) is 0 Å². The predicted molar refractivity (Wildman–Crippen MR) is 105 cm³/mol. The summed E-state index contributed by atoms with van der Waals surface area (Å²) in [4.78, 5) is 15.4. The van der Waals surface area contributed by atoms with Gasteiger partial charge in [-0.2, -0.15) is 5.10 Å². The lowest BCUT2D eigenvalue weighted by Gasteiger charge is -2.21. The molecule has 1 saturated heterocycles. The molecule has 1 fully saturated rings. The first kappa shape index (κ1) is 17.7. The van der Waals surface area contributed by atoms with E-state index in [2.05, 4.69) is 39.7 Å². The third kappa shape index (κ3) is 3.32. The normalized spacial score (nSPS) is 23.0. The Hall–Kier alpha value is -1.66. The van der Waals surface area contributed by atoms with E-state index in [0.29, 0.717) is 18.0 Å². The maximum absolute atomic E-state index is 12.4. The van der Waals surface area contributed by atoms with E-state index in [0.717, 1.165) is 43.6 Å². The van der Waals surface area contributed by atoms with Crippen LogP contribution in [-0.2, 0) is 12.8 Å². The van der Waals surface area contributed by atoms with Gasteiger partial charge in [-0.15, -0.1) is 0 Å². The Morgan fingerprint density at radius 2 is 2.04 bits per heavy atom. The van der Waals surface area contributed by atoms with Gasteiger partial charge in [0.2, 0.25) is 0 Å². The van der Waals surface area contributed by atoms with Gasteiger partial charge in [-0.1, -0.05) is 13.8 Å². The van der Waals surface area contributed by atoms with Crippen molar-refractivity contribution < 1.29 is 0 Å². The molecule has 0 bridgehead atoms. The first-order chi connectivity index (χ1) is 12.6. The summed E-state index contributed by atoms with van der Waals surface area (Å²) in [6, 6.07) is 0.864. The van der Waals surface area contributed by atoms with Gasteiger partial charge in [-0.05, 0) is 69.5 Å². The topological polar surface area (TPSA) is 85.6 Å². The molecule has 0 amide bonds. The summed E-state index contributed by atoms with van der Waals surface area (Å²) >= 11 is 0. The van der Waals surface area contributed by atoms with Crippen molar-refractivity contribution >= 4 is 11.0 Å². The molecule has 2 atom stereocenters. The molecule has 2 aliphatic rings. The highest BCUT2D eigenvalue weighted by molar-refractivity contribution is 5.83. The summed E-state index contributed by atoms with van der Waals surface area (Å²) in [5.41, 5.74) is 4.21. The summed E-state index contributed by atoms with van der Waals surface area (Å²) in [7, 11) is 0. The van der Waals surface area contributed by atoms with Crippen LogP contribution in [0.25, 0.3) is 11.0 Å². The standard InChI is InChI=1S/C20H31N5O/c1-12(2)21-10-5-6-13-9-11-22-17(13)18-16-14-7-3-4-8-15(14)20(26)23-19(16)25-24-18/h12-13,17,21-22H,3-11H2,1-2H3,(H2,23,24,25,26). The number of aromatic amines is 2. The number of rotatable bonds is 6. The molecule has 142 valence electrons. The van der Waals surface area contributed by atoms with Gasteiger partial charge in [-0.3, -0.25) is 9.89 Å². The predicted octanol–water partition coefficient (Wildman–Crippen LogP) is 2.56. The second-order valence-electron chi connectivity index (χ2n) is 8.21. The molecule has 6 heteroatoms. The number of nitrogens with one attached hydrogen (secondary N) is 4. The Morgan fingerprint density at radius 1 is 1.23 bits per heavy atom. The van der Waals surface area contributed by atoms with Crippen molar-refractivity contribution in [1.29, 1.82) is 0 Å². The number of hydrogen-bond donors (Lipinski definition) is 4. The van der Waals surface area contributed by atoms with Gasteiger partial charge in [0, 0.05) is 17.0 Å². The molecule has 1 aliphatic carbocycles. The Labute approximate surface area is 154 Å². The van der Waals surface area contributed by atoms with Crippen LogP contribution in [0.3, 0.4) is 0 Å². The maximum Gasteiger partial charge on any atom is 0.253 e. The van der Waals surface area contributed by atoms with Crippen LogP contribution < -0.4 is 16.2 Å². The molecule has 4 rings (SSSR count). The lowest BCUT2D eigenvalue weighted by Crippen LogP contribution is -2.25. The molecule has 2 aromatic rings. The third-order valence-electron chi connectivity index (χ3n) is 6.04. The number of fused-ring (bicyclic) bond motifs is 3. The van der Waals surface area contributed by atoms with Crippen LogP contribution in [0.5, 0.6) is 0 Å². The molecule has 0 spiro atoms. The minimum absolute atomic E-state index is 0.0564. The molecule has 26 heavy (non-hydrogen) atoms. The molecule has 2 aromatic heterocycles. The number of aryl methyl sites for hydroxylation is 1. The Bertz CT molecular complexity index is 821. The fraction of sp³-hybridized carbons (Fsp3) is 0.700. The van der Waals surface area contributed by atoms with Crippen molar-refractivity contribution in [3.05, 3.63) is 27.2 Å². The van der Waals surface area contributed by atoms with E-state index >= 15 is 0 Å². The Balaban J connectivity index is 1.60. The quantitative estimate of drug-likeness (QED) is 0.599. The molecule has 0 saturated carbocycles. The second kappa shape index (κ2) is 7.53. The molecule has 2 unspecified atom stereocenters. The Morgan fingerprint density at radius 3 is 2.85 bits per heavy atom. The smallest absolute Gasteiger partial charge is 0.253 e. The van der Waals surface area contributed by atoms with E-state index in [9.17, 15) is 4.79 Å². The number of pyridine rings is 1. The van der Waals surface area contributed by atoms with Gasteiger partial charge in [0.1, 0.15) is 0 Å². The lowest BCUT2D eigenvalue weighted by molar-refractivity contribution is 0.404. The number of H-pyrrole nitrogens is 2. The van der Waals surface area contributed by atoms with Crippen molar-refractivity contribution in [2.24, 2.45) is 5.92 Å². The minimum Gasteiger partial charge on any atom is -0.315 e. The number of aromatic nitrogens is 3. The molecule has 4 N–H and O–H groups in total. The zero-order valence-corrected chi connectivity index (χ0v) is 16.0. The molecular weight excluding hydrogens is 326 g/mol. The summed E-state index contributed by atoms with van der Waals surface area (Å²) in [6.45, 7) is 6.52. The van der Waals surface area contributed by atoms with E-state index < -0.39 is 0 Å². The van der Waals surface area contributed by atoms with Gasteiger partial charge in [0.05, 0.1) is 11.7 Å². The van der Waals surface area contributed by atoms with Crippen LogP contribution in [0, 0.1) is 5.92 Å². The minimum atomic E-state index is 0.0564. The van der Waals surface area contributed by atoms with E-state index in [1.807, 2.05) is 0 Å². The molecular formula is C20H31N5O. The lowest BCUT2D eigenvalue weighted by atomic mass is 9.87. The van der Waals surface area contributed by atoms with Crippen molar-refractivity contribution in [2.75, 3.05) is 13.1 Å². The van der Waals surface area contributed by atoms with E-state index in [1.165, 1.54) is 42.3 Å². The highest BCUT2D eigenvalue weighted by Gasteiger charge is 2.32. The molecule has 0 aromatic carbocycles. The first-order valence-corrected chi connectivity index (χ1v) is 10.2. The van der Waals surface area contributed by atoms with Crippen molar-refractivity contribution in [3.8, 4) is 0 Å². The number of hydrogen-bond acceptors (Lipinski definition) is 4. The van der Waals surface area contributed by atoms with Gasteiger partial charge < -0.3 is 15.6 Å². The summed E-state index contributed by atoms with van der Waals surface area (Å²) in [6.07, 6.45) is 7.79. The summed E-state index contributed by atoms with van der Waals surface area (Å²) < 4.78 is 0. The zero-order chi connectivity index (χ0) is 18.1. The van der Waals surface area contributed by atoms with Gasteiger partial charge >= 0.3 is 0 Å². The monoisotopic (exact) mass is 357 g/mol. The van der Waals surface area contributed by atoms with Crippen molar-refractivity contribution in [1.82, 2.24) is 25.8 Å². The zero-order valence-electron chi connectivity index (χ0n) is 16.0. The third-order valence-corrected chi connectivity index (χ3v) is 6.04. The van der Waals surface area contributed by atoms with Gasteiger partial charge in [-0.25, -0.2) is 0 Å². The molecule has 6 nitrogen and oxygen atoms in total. The van der Waals surface area contributed by atoms with Crippen LogP contribution >= 0.6 is 0 Å². The molecule has 3 heterocycles. The summed E-state index contributed by atoms with van der Waals surface area (Å²) in [5, 5.41) is 16.1. The van der Waals surface area contributed by atoms with E-state index in [1.54, 1.807) is 0 Å². The van der Waals surface area contributed by atoms with E-state index in [-0.39, 0.29) is 5.56 Å². The highest BCUT2D eigenvalue weighted by Crippen LogP contribution is 2.37. The van der Waals surface area contributed by atoms with Crippen LogP contribution in [-0.4, -0.2) is 34.3 Å². The highest BCUT2D eigenvalue weighted by atomic mass is 16.1. The SMILES string of the molecule is CC(C)NCCCC1CCNC1c1[nH]nc2[nH]c(=O)c3c(c12)CCCC3. The van der Waals surface area contributed by atoms with Crippen molar-refractivity contribution in [2.45, 2.75) is 70.9 Å². The molecule has 1 aliphatic heterocycles. The van der Waals surface area contributed by atoms with Crippen LogP contribution in [0.15, 0.2) is 4.79 Å². The van der Waals surface area contributed by atoms with Gasteiger partial charge in [0.15, 0.2) is 5.65 Å². The average molecular weight is 358 g/mol. The van der Waals surface area contributed by atoms with Crippen LogP contribution in [0.2, 0.25) is 0 Å². The fourth-order valence-corrected chi connectivity index (χ4v) is 4.75. The Kier molecular flexibility index (Phi) is 5.14. The maximum atomic E-state index is 12.4. The van der Waals surface area contributed by atoms with E-state index in [4.69, 9.17) is 0 Å².